The number of thioether (sulfide) groups is 1. The van der Waals surface area contributed by atoms with Crippen LogP contribution in [-0.4, -0.2) is 48.4 Å². The maximum Gasteiger partial charge on any atom is 0.145 e. The number of aliphatic imine (C=N–C) groups is 1. The summed E-state index contributed by atoms with van der Waals surface area (Å²) in [6.45, 7) is 3.80. The summed E-state index contributed by atoms with van der Waals surface area (Å²) in [5.41, 5.74) is 0.551. The third kappa shape index (κ3) is 5.31. The van der Waals surface area contributed by atoms with E-state index >= 15 is 0 Å². The number of ether oxygens (including phenoxy) is 1. The van der Waals surface area contributed by atoms with Crippen molar-refractivity contribution in [2.45, 2.75) is 32.3 Å². The summed E-state index contributed by atoms with van der Waals surface area (Å²) in [4.78, 5) is 4.39. The first-order valence-corrected chi connectivity index (χ1v) is 8.70. The smallest absolute Gasteiger partial charge is 0.145 e. The third-order valence-corrected chi connectivity index (χ3v) is 4.11. The van der Waals surface area contributed by atoms with Crippen molar-refractivity contribution >= 4 is 23.0 Å². The van der Waals surface area contributed by atoms with Gasteiger partial charge in [-0.3, -0.25) is 4.99 Å². The first-order valence-electron chi connectivity index (χ1n) is 7.48. The van der Waals surface area contributed by atoms with Gasteiger partial charge in [0.25, 0.3) is 0 Å². The Labute approximate surface area is 142 Å². The van der Waals surface area contributed by atoms with Gasteiger partial charge < -0.3 is 10.1 Å². The van der Waals surface area contributed by atoms with Gasteiger partial charge >= 0.3 is 0 Å². The van der Waals surface area contributed by atoms with E-state index in [2.05, 4.69) is 34.3 Å². The molecule has 0 saturated carbocycles. The number of nitriles is 1. The summed E-state index contributed by atoms with van der Waals surface area (Å²) >= 11 is 1.48. The molecule has 23 heavy (non-hydrogen) atoms. The number of terminal acetylenes is 1. The number of hydrogen-bond acceptors (Lipinski definition) is 7. The summed E-state index contributed by atoms with van der Waals surface area (Å²) in [6.07, 6.45) is 15.2. The van der Waals surface area contributed by atoms with Crippen LogP contribution in [0.2, 0.25) is 0 Å². The van der Waals surface area contributed by atoms with Gasteiger partial charge in [-0.2, -0.15) is 10.4 Å². The molecule has 6 nitrogen and oxygen atoms in total. The molecule has 1 atom stereocenters. The second kappa shape index (κ2) is 10.7. The fourth-order valence-corrected chi connectivity index (χ4v) is 2.90. The summed E-state index contributed by atoms with van der Waals surface area (Å²) in [6, 6.07) is 2.24. The molecule has 2 aliphatic rings. The van der Waals surface area contributed by atoms with E-state index in [1.807, 2.05) is 13.2 Å². The minimum atomic E-state index is 0.204. The Kier molecular flexibility index (Phi) is 8.89. The summed E-state index contributed by atoms with van der Waals surface area (Å²) in [7, 11) is 0. The standard InChI is InChI=1S/C14H21N5OS.C2H2/c1-3-18-19-10-17-14(21-2)12(8-15)13(19)16-9-11-6-4-5-7-20-11;1-2/h3,11,16H,4-7,9-10H2,1-2H3;1-2H/b18-3-;. The highest BCUT2D eigenvalue weighted by Crippen LogP contribution is 2.21. The highest BCUT2D eigenvalue weighted by atomic mass is 32.2. The van der Waals surface area contributed by atoms with Gasteiger partial charge in [-0.05, 0) is 32.4 Å². The molecule has 0 aliphatic carbocycles. The van der Waals surface area contributed by atoms with Crippen molar-refractivity contribution in [1.82, 2.24) is 10.3 Å². The number of hydrogen-bond donors (Lipinski definition) is 1. The van der Waals surface area contributed by atoms with E-state index < -0.39 is 0 Å². The van der Waals surface area contributed by atoms with Crippen molar-refractivity contribution in [1.29, 1.82) is 5.26 Å². The quantitative estimate of drug-likeness (QED) is 0.630. The van der Waals surface area contributed by atoms with Crippen LogP contribution in [0.25, 0.3) is 0 Å². The summed E-state index contributed by atoms with van der Waals surface area (Å²) in [5, 5.41) is 19.5. The molecule has 2 rings (SSSR count). The van der Waals surface area contributed by atoms with Crippen LogP contribution in [-0.2, 0) is 4.74 Å². The maximum atomic E-state index is 9.43. The Hall–Kier alpha value is -1.96. The number of hydrazone groups is 1. The van der Waals surface area contributed by atoms with Crippen molar-refractivity contribution in [3.63, 3.8) is 0 Å². The molecule has 1 unspecified atom stereocenters. The Morgan fingerprint density at radius 2 is 2.35 bits per heavy atom. The second-order valence-corrected chi connectivity index (χ2v) is 5.58. The fourth-order valence-electron chi connectivity index (χ4n) is 2.37. The van der Waals surface area contributed by atoms with Gasteiger partial charge in [-0.15, -0.1) is 24.6 Å². The lowest BCUT2D eigenvalue weighted by Gasteiger charge is -2.29. The summed E-state index contributed by atoms with van der Waals surface area (Å²) < 4.78 is 5.73. The molecule has 0 aromatic rings. The van der Waals surface area contributed by atoms with Crippen molar-refractivity contribution in [2.75, 3.05) is 26.1 Å². The van der Waals surface area contributed by atoms with Crippen molar-refractivity contribution in [2.24, 2.45) is 10.1 Å². The van der Waals surface area contributed by atoms with Crippen molar-refractivity contribution in [3.8, 4) is 18.9 Å². The van der Waals surface area contributed by atoms with E-state index in [4.69, 9.17) is 4.74 Å². The Bertz CT molecular complexity index is 526. The van der Waals surface area contributed by atoms with Crippen LogP contribution in [0.3, 0.4) is 0 Å². The van der Waals surface area contributed by atoms with Gasteiger partial charge in [-0.1, -0.05) is 0 Å². The predicted molar refractivity (Wildman–Crippen MR) is 95.9 cm³/mol. The zero-order valence-electron chi connectivity index (χ0n) is 13.7. The molecule has 0 bridgehead atoms. The third-order valence-electron chi connectivity index (χ3n) is 3.39. The summed E-state index contributed by atoms with van der Waals surface area (Å²) in [5.74, 6) is 0.726. The molecule has 0 aromatic heterocycles. The molecule has 2 aliphatic heterocycles. The molecule has 124 valence electrons. The lowest BCUT2D eigenvalue weighted by Crippen LogP contribution is -2.39. The van der Waals surface area contributed by atoms with E-state index in [-0.39, 0.29) is 6.10 Å². The zero-order chi connectivity index (χ0) is 17.1. The molecule has 0 amide bonds. The molecule has 1 fully saturated rings. The van der Waals surface area contributed by atoms with Gasteiger partial charge in [0.1, 0.15) is 29.2 Å². The molecule has 0 radical (unpaired) electrons. The predicted octanol–water partition coefficient (Wildman–Crippen LogP) is 2.17. The Morgan fingerprint density at radius 3 is 2.91 bits per heavy atom. The molecule has 7 heteroatoms. The average molecular weight is 333 g/mol. The maximum absolute atomic E-state index is 9.43. The van der Waals surface area contributed by atoms with Gasteiger partial charge in [-0.25, -0.2) is 5.01 Å². The lowest BCUT2D eigenvalue weighted by atomic mass is 10.1. The van der Waals surface area contributed by atoms with E-state index in [1.165, 1.54) is 18.2 Å². The SMILES string of the molecule is C#C.C/C=N\N1CN=C(SC)C(C#N)=C1NCC1CCCCO1. The van der Waals surface area contributed by atoms with Gasteiger partial charge in [0, 0.05) is 19.4 Å². The van der Waals surface area contributed by atoms with Crippen LogP contribution in [0.4, 0.5) is 0 Å². The molecule has 0 aromatic carbocycles. The lowest BCUT2D eigenvalue weighted by molar-refractivity contribution is 0.0171. The van der Waals surface area contributed by atoms with Gasteiger partial charge in [0.15, 0.2) is 0 Å². The highest BCUT2D eigenvalue weighted by Gasteiger charge is 2.24. The fraction of sp³-hybridized carbons (Fsp3) is 0.562. The van der Waals surface area contributed by atoms with Crippen LogP contribution >= 0.6 is 11.8 Å². The zero-order valence-corrected chi connectivity index (χ0v) is 14.5. The number of rotatable bonds is 4. The normalized spacial score (nSPS) is 21.3. The monoisotopic (exact) mass is 333 g/mol. The number of nitrogens with zero attached hydrogens (tertiary/aromatic N) is 4. The minimum absolute atomic E-state index is 0.204. The van der Waals surface area contributed by atoms with Crippen molar-refractivity contribution in [3.05, 3.63) is 11.4 Å². The molecule has 2 heterocycles. The molecule has 1 saturated heterocycles. The highest BCUT2D eigenvalue weighted by molar-refractivity contribution is 8.13. The van der Waals surface area contributed by atoms with Crippen LogP contribution in [0.1, 0.15) is 26.2 Å². The second-order valence-electron chi connectivity index (χ2n) is 4.79. The average Bonchev–Trinajstić information content (AvgIpc) is 2.63. The van der Waals surface area contributed by atoms with Crippen molar-refractivity contribution < 1.29 is 4.74 Å². The Morgan fingerprint density at radius 1 is 1.57 bits per heavy atom. The molecule has 0 spiro atoms. The molecular formula is C16H23N5OS. The molecular weight excluding hydrogens is 310 g/mol. The first-order chi connectivity index (χ1) is 11.3. The number of nitrogens with one attached hydrogen (secondary N) is 1. The first kappa shape index (κ1) is 19.1. The van der Waals surface area contributed by atoms with Crippen LogP contribution < -0.4 is 5.32 Å². The van der Waals surface area contributed by atoms with E-state index in [0.717, 1.165) is 30.3 Å². The van der Waals surface area contributed by atoms with Crippen LogP contribution in [0, 0.1) is 24.2 Å². The van der Waals surface area contributed by atoms with Gasteiger partial charge in [0.05, 0.1) is 6.10 Å². The minimum Gasteiger partial charge on any atom is -0.376 e. The van der Waals surface area contributed by atoms with Crippen LogP contribution in [0.15, 0.2) is 21.5 Å². The van der Waals surface area contributed by atoms with Crippen LogP contribution in [0.5, 0.6) is 0 Å². The topological polar surface area (TPSA) is 73.0 Å². The van der Waals surface area contributed by atoms with E-state index in [0.29, 0.717) is 18.8 Å². The van der Waals surface area contributed by atoms with E-state index in [1.54, 1.807) is 11.2 Å². The van der Waals surface area contributed by atoms with E-state index in [9.17, 15) is 5.26 Å². The Balaban J connectivity index is 0.00000127. The largest absolute Gasteiger partial charge is 0.376 e. The molecule has 1 N–H and O–H groups in total. The van der Waals surface area contributed by atoms with Gasteiger partial charge in [0.2, 0.25) is 0 Å².